The van der Waals surface area contributed by atoms with Gasteiger partial charge >= 0.3 is 35.5 Å². The van der Waals surface area contributed by atoms with Gasteiger partial charge < -0.3 is 14.6 Å². The molecule has 0 aliphatic rings. The molecule has 0 aliphatic carbocycles. The van der Waals surface area contributed by atoms with Crippen molar-refractivity contribution in [3.63, 3.8) is 0 Å². The zero-order valence-corrected chi connectivity index (χ0v) is 13.3. The van der Waals surface area contributed by atoms with Crippen molar-refractivity contribution < 1.29 is 61.6 Å². The third-order valence-corrected chi connectivity index (χ3v) is 3.32. The molecule has 0 atom stereocenters. The normalized spacial score (nSPS) is 10.4. The maximum absolute atomic E-state index is 11.5. The van der Waals surface area contributed by atoms with Gasteiger partial charge in [-0.15, -0.1) is 0 Å². The van der Waals surface area contributed by atoms with E-state index in [9.17, 15) is 23.1 Å². The van der Waals surface area contributed by atoms with E-state index in [4.69, 9.17) is 0 Å². The summed E-state index contributed by atoms with van der Waals surface area (Å²) in [6.07, 6.45) is 0. The van der Waals surface area contributed by atoms with Crippen LogP contribution >= 0.6 is 0 Å². The number of benzene rings is 1. The van der Waals surface area contributed by atoms with E-state index in [1.807, 2.05) is 0 Å². The molecule has 1 rings (SSSR count). The molecule has 0 radical (unpaired) electrons. The number of esters is 1. The first kappa shape index (κ1) is 18.1. The number of ether oxygens (including phenoxy) is 1. The molecular weight excluding hydrogens is 287 g/mol. The largest absolute Gasteiger partial charge is 1.00 e. The van der Waals surface area contributed by atoms with Crippen molar-refractivity contribution >= 4 is 22.1 Å². The van der Waals surface area contributed by atoms with Crippen molar-refractivity contribution in [3.8, 4) is 0 Å². The number of carboxylic acid groups (broad SMARTS) is 1. The van der Waals surface area contributed by atoms with Crippen LogP contribution in [0.25, 0.3) is 0 Å². The Morgan fingerprint density at radius 1 is 1.11 bits per heavy atom. The van der Waals surface area contributed by atoms with E-state index in [1.54, 1.807) is 0 Å². The number of hydrogen-bond acceptors (Lipinski definition) is 7. The molecule has 0 heterocycles. The van der Waals surface area contributed by atoms with Crippen LogP contribution in [0.3, 0.4) is 0 Å². The third-order valence-electron chi connectivity index (χ3n) is 2.07. The van der Waals surface area contributed by atoms with Crippen LogP contribution in [0, 0.1) is 0 Å². The number of rotatable bonds is 4. The summed E-state index contributed by atoms with van der Waals surface area (Å²) in [5.74, 6) is -2.49. The number of methoxy groups -OCH3 is 1. The SMILES string of the molecule is COC(=O)c1cc(C(=O)[O-])cc(S(=O)(=O)OC)c1.[Na+]. The quantitative estimate of drug-likeness (QED) is 0.318. The van der Waals surface area contributed by atoms with Crippen molar-refractivity contribution in [1.29, 1.82) is 0 Å². The first-order chi connectivity index (χ1) is 8.31. The summed E-state index contributed by atoms with van der Waals surface area (Å²) in [4.78, 5) is 21.6. The molecule has 0 bridgehead atoms. The van der Waals surface area contributed by atoms with Crippen molar-refractivity contribution in [2.75, 3.05) is 14.2 Å². The van der Waals surface area contributed by atoms with E-state index in [0.29, 0.717) is 0 Å². The van der Waals surface area contributed by atoms with Gasteiger partial charge in [-0.05, 0) is 23.8 Å². The van der Waals surface area contributed by atoms with Gasteiger partial charge in [0.25, 0.3) is 10.1 Å². The van der Waals surface area contributed by atoms with Gasteiger partial charge in [0.05, 0.1) is 30.6 Å². The second-order valence-corrected chi connectivity index (χ2v) is 4.86. The van der Waals surface area contributed by atoms with Gasteiger partial charge in [-0.2, -0.15) is 8.42 Å². The molecule has 0 aromatic heterocycles. The molecule has 1 aromatic carbocycles. The Bertz CT molecular complexity index is 594. The molecule has 1 aromatic rings. The summed E-state index contributed by atoms with van der Waals surface area (Å²) in [7, 11) is -2.12. The van der Waals surface area contributed by atoms with Crippen LogP contribution in [0.15, 0.2) is 23.1 Å². The molecule has 0 spiro atoms. The van der Waals surface area contributed by atoms with Crippen LogP contribution in [-0.4, -0.2) is 34.6 Å². The summed E-state index contributed by atoms with van der Waals surface area (Å²) >= 11 is 0. The molecule has 7 nitrogen and oxygen atoms in total. The van der Waals surface area contributed by atoms with Gasteiger partial charge in [-0.25, -0.2) is 4.79 Å². The minimum absolute atomic E-state index is 0. The van der Waals surface area contributed by atoms with Crippen molar-refractivity contribution in [2.24, 2.45) is 0 Å². The number of hydrogen-bond donors (Lipinski definition) is 0. The molecule has 0 saturated carbocycles. The van der Waals surface area contributed by atoms with Gasteiger partial charge in [0.2, 0.25) is 0 Å². The van der Waals surface area contributed by atoms with Gasteiger partial charge in [-0.1, -0.05) is 0 Å². The molecular formula is C10H9NaO7S. The van der Waals surface area contributed by atoms with Gasteiger partial charge in [-0.3, -0.25) is 4.18 Å². The minimum atomic E-state index is -4.12. The maximum Gasteiger partial charge on any atom is 1.00 e. The molecule has 0 amide bonds. The second kappa shape index (κ2) is 7.01. The Kier molecular flexibility index (Phi) is 6.67. The standard InChI is InChI=1S/C10H10O7S.Na/c1-16-10(13)7-3-6(9(11)12)4-8(5-7)18(14,15)17-2;/h3-5H,1-2H3,(H,11,12);/q;+1/p-1. The first-order valence-electron chi connectivity index (χ1n) is 4.57. The van der Waals surface area contributed by atoms with E-state index >= 15 is 0 Å². The average Bonchev–Trinajstić information content (AvgIpc) is 2.37. The number of carbonyl (C=O) groups excluding carboxylic acids is 2. The van der Waals surface area contributed by atoms with Gasteiger partial charge in [0.15, 0.2) is 0 Å². The van der Waals surface area contributed by atoms with Crippen LogP contribution < -0.4 is 34.7 Å². The van der Waals surface area contributed by atoms with Gasteiger partial charge in [0.1, 0.15) is 0 Å². The minimum Gasteiger partial charge on any atom is -0.545 e. The Labute approximate surface area is 131 Å². The van der Waals surface area contributed by atoms with E-state index in [1.165, 1.54) is 0 Å². The van der Waals surface area contributed by atoms with Crippen LogP contribution in [0.1, 0.15) is 20.7 Å². The topological polar surface area (TPSA) is 110 Å². The van der Waals surface area contributed by atoms with E-state index in [-0.39, 0.29) is 35.1 Å². The fraction of sp³-hybridized carbons (Fsp3) is 0.200. The van der Waals surface area contributed by atoms with Crippen molar-refractivity contribution in [3.05, 3.63) is 29.3 Å². The summed E-state index contributed by atoms with van der Waals surface area (Å²) in [5.41, 5.74) is -0.691. The monoisotopic (exact) mass is 296 g/mol. The fourth-order valence-corrected chi connectivity index (χ4v) is 1.93. The maximum atomic E-state index is 11.5. The smallest absolute Gasteiger partial charge is 0.545 e. The third kappa shape index (κ3) is 4.29. The molecule has 0 N–H and O–H groups in total. The Morgan fingerprint density at radius 3 is 2.05 bits per heavy atom. The summed E-state index contributed by atoms with van der Waals surface area (Å²) in [6, 6.07) is 2.74. The molecule has 0 unspecified atom stereocenters. The van der Waals surface area contributed by atoms with Crippen molar-refractivity contribution in [2.45, 2.75) is 4.90 Å². The summed E-state index contributed by atoms with van der Waals surface area (Å²) in [5, 5.41) is 10.7. The van der Waals surface area contributed by atoms with E-state index < -0.39 is 32.5 Å². The van der Waals surface area contributed by atoms with Crippen LogP contribution in [0.4, 0.5) is 0 Å². The first-order valence-corrected chi connectivity index (χ1v) is 5.98. The molecule has 0 aliphatic heterocycles. The predicted molar refractivity (Wildman–Crippen MR) is 56.3 cm³/mol. The Balaban J connectivity index is 0.00000324. The number of carboxylic acids is 1. The van der Waals surface area contributed by atoms with Crippen LogP contribution in [-0.2, 0) is 19.0 Å². The summed E-state index contributed by atoms with van der Waals surface area (Å²) in [6.45, 7) is 0. The predicted octanol–water partition coefficient (Wildman–Crippen LogP) is -3.82. The van der Waals surface area contributed by atoms with Crippen LogP contribution in [0.5, 0.6) is 0 Å². The molecule has 9 heteroatoms. The second-order valence-electron chi connectivity index (χ2n) is 3.15. The Morgan fingerprint density at radius 2 is 1.63 bits per heavy atom. The zero-order chi connectivity index (χ0) is 13.9. The van der Waals surface area contributed by atoms with E-state index in [0.717, 1.165) is 32.4 Å². The average molecular weight is 296 g/mol. The van der Waals surface area contributed by atoms with Crippen molar-refractivity contribution in [1.82, 2.24) is 0 Å². The molecule has 98 valence electrons. The molecule has 0 fully saturated rings. The number of aromatic carboxylic acids is 1. The molecule has 19 heavy (non-hydrogen) atoms. The van der Waals surface area contributed by atoms with Gasteiger partial charge in [0, 0.05) is 0 Å². The van der Waals surface area contributed by atoms with E-state index in [2.05, 4.69) is 8.92 Å². The number of carbonyl (C=O) groups is 2. The fourth-order valence-electron chi connectivity index (χ4n) is 1.19. The van der Waals surface area contributed by atoms with Crippen LogP contribution in [0.2, 0.25) is 0 Å². The summed E-state index contributed by atoms with van der Waals surface area (Å²) < 4.78 is 31.5. The molecule has 0 saturated heterocycles. The Hall–Kier alpha value is -0.930. The zero-order valence-electron chi connectivity index (χ0n) is 10.5.